The molecular weight excluding hydrogens is 328 g/mol. The molecule has 1 aromatic carbocycles. The van der Waals surface area contributed by atoms with Crippen LogP contribution in [0.3, 0.4) is 0 Å². The Morgan fingerprint density at radius 1 is 1.44 bits per heavy atom. The monoisotopic (exact) mass is 346 g/mol. The summed E-state index contributed by atoms with van der Waals surface area (Å²) in [5.41, 5.74) is 6.70. The average Bonchev–Trinajstić information content (AvgIpc) is 2.88. The summed E-state index contributed by atoms with van der Waals surface area (Å²) in [5.74, 6) is -2.15. The highest BCUT2D eigenvalue weighted by Crippen LogP contribution is 2.46. The molecule has 8 heteroatoms. The number of fused-ring (bicyclic) bond motifs is 1. The van der Waals surface area contributed by atoms with E-state index in [1.54, 1.807) is 24.3 Å². The van der Waals surface area contributed by atoms with Crippen LogP contribution in [0.4, 0.5) is 4.79 Å². The van der Waals surface area contributed by atoms with E-state index in [-0.39, 0.29) is 24.3 Å². The second kappa shape index (κ2) is 6.21. The molecule has 2 aliphatic heterocycles. The lowest BCUT2D eigenvalue weighted by molar-refractivity contribution is -0.161. The first-order chi connectivity index (χ1) is 11.8. The van der Waals surface area contributed by atoms with Crippen molar-refractivity contribution in [3.8, 4) is 0 Å². The number of hydrogen-bond acceptors (Lipinski definition) is 5. The summed E-state index contributed by atoms with van der Waals surface area (Å²) in [4.78, 5) is 35.9. The summed E-state index contributed by atoms with van der Waals surface area (Å²) in [7, 11) is 0. The number of benzene rings is 1. The minimum atomic E-state index is -1.19. The molecule has 2 heterocycles. The van der Waals surface area contributed by atoms with E-state index >= 15 is 0 Å². The Hall–Kier alpha value is -2.87. The van der Waals surface area contributed by atoms with Gasteiger partial charge >= 0.3 is 12.1 Å². The van der Waals surface area contributed by atoms with Crippen molar-refractivity contribution < 1.29 is 29.3 Å². The molecule has 0 spiro atoms. The van der Waals surface area contributed by atoms with Crippen LogP contribution in [0.25, 0.3) is 5.57 Å². The van der Waals surface area contributed by atoms with Gasteiger partial charge in [0, 0.05) is 0 Å². The lowest BCUT2D eigenvalue weighted by Gasteiger charge is -2.44. The van der Waals surface area contributed by atoms with Crippen LogP contribution in [0.5, 0.6) is 0 Å². The Labute approximate surface area is 143 Å². The normalized spacial score (nSPS) is 23.1. The highest BCUT2D eigenvalue weighted by molar-refractivity contribution is 6.06. The smallest absolute Gasteiger partial charge is 0.404 e. The zero-order valence-electron chi connectivity index (χ0n) is 13.5. The van der Waals surface area contributed by atoms with Gasteiger partial charge in [0.15, 0.2) is 0 Å². The SMILES string of the molecule is C[C@@H](O)[C@H]1C(=O)N2C(C(=O)O)=C(c3cccc(COC(N)=O)c3)C[C@H]12. The van der Waals surface area contributed by atoms with Gasteiger partial charge in [0.2, 0.25) is 5.91 Å². The van der Waals surface area contributed by atoms with E-state index in [2.05, 4.69) is 0 Å². The highest BCUT2D eigenvalue weighted by Gasteiger charge is 2.56. The number of ether oxygens (including phenoxy) is 1. The van der Waals surface area contributed by atoms with Gasteiger partial charge in [0.05, 0.1) is 18.1 Å². The second-order valence-electron chi connectivity index (χ2n) is 6.19. The molecule has 0 radical (unpaired) electrons. The summed E-state index contributed by atoms with van der Waals surface area (Å²) in [6, 6.07) is 6.53. The number of aliphatic hydroxyl groups excluding tert-OH is 1. The number of nitrogens with zero attached hydrogens (tertiary/aromatic N) is 1. The van der Waals surface area contributed by atoms with Gasteiger partial charge in [0.25, 0.3) is 0 Å². The zero-order valence-corrected chi connectivity index (χ0v) is 13.5. The minimum absolute atomic E-state index is 0.0266. The molecule has 132 valence electrons. The van der Waals surface area contributed by atoms with Crippen molar-refractivity contribution in [2.24, 2.45) is 11.7 Å². The largest absolute Gasteiger partial charge is 0.477 e. The van der Waals surface area contributed by atoms with Crippen LogP contribution in [0.15, 0.2) is 30.0 Å². The third kappa shape index (κ3) is 2.85. The van der Waals surface area contributed by atoms with Crippen molar-refractivity contribution in [2.45, 2.75) is 32.1 Å². The van der Waals surface area contributed by atoms with Crippen LogP contribution in [0.1, 0.15) is 24.5 Å². The molecule has 0 bridgehead atoms. The average molecular weight is 346 g/mol. The van der Waals surface area contributed by atoms with Gasteiger partial charge in [-0.2, -0.15) is 0 Å². The zero-order chi connectivity index (χ0) is 18.3. The number of carbonyl (C=O) groups is 3. The fourth-order valence-electron chi connectivity index (χ4n) is 3.53. The van der Waals surface area contributed by atoms with E-state index < -0.39 is 24.1 Å². The van der Waals surface area contributed by atoms with Crippen molar-refractivity contribution in [2.75, 3.05) is 0 Å². The molecule has 2 amide bonds. The molecule has 0 aliphatic carbocycles. The number of amides is 2. The molecule has 1 fully saturated rings. The van der Waals surface area contributed by atoms with Gasteiger partial charge in [-0.05, 0) is 36.1 Å². The number of nitrogens with two attached hydrogens (primary N) is 1. The minimum Gasteiger partial charge on any atom is -0.477 e. The van der Waals surface area contributed by atoms with Gasteiger partial charge < -0.3 is 25.6 Å². The molecule has 0 saturated carbocycles. The van der Waals surface area contributed by atoms with Gasteiger partial charge in [-0.3, -0.25) is 4.79 Å². The van der Waals surface area contributed by atoms with Crippen LogP contribution in [-0.2, 0) is 20.9 Å². The molecule has 0 aromatic heterocycles. The lowest BCUT2D eigenvalue weighted by atomic mass is 9.82. The van der Waals surface area contributed by atoms with E-state index in [0.717, 1.165) is 0 Å². The summed E-state index contributed by atoms with van der Waals surface area (Å²) in [6.45, 7) is 1.50. The van der Waals surface area contributed by atoms with Gasteiger partial charge in [-0.25, -0.2) is 9.59 Å². The van der Waals surface area contributed by atoms with Crippen molar-refractivity contribution in [1.29, 1.82) is 0 Å². The van der Waals surface area contributed by atoms with Crippen LogP contribution in [0.2, 0.25) is 0 Å². The van der Waals surface area contributed by atoms with Gasteiger partial charge in [-0.1, -0.05) is 18.2 Å². The Kier molecular flexibility index (Phi) is 4.22. The molecular formula is C17H18N2O6. The van der Waals surface area contributed by atoms with E-state index in [0.29, 0.717) is 23.1 Å². The maximum Gasteiger partial charge on any atom is 0.404 e. The third-order valence-electron chi connectivity index (χ3n) is 4.59. The molecule has 3 rings (SSSR count). The first-order valence-electron chi connectivity index (χ1n) is 7.80. The number of carbonyl (C=O) groups excluding carboxylic acids is 2. The van der Waals surface area contributed by atoms with Crippen molar-refractivity contribution >= 4 is 23.5 Å². The molecule has 3 atom stereocenters. The predicted octanol–water partition coefficient (Wildman–Crippen LogP) is 0.689. The maximum absolute atomic E-state index is 12.2. The summed E-state index contributed by atoms with van der Waals surface area (Å²) in [5, 5.41) is 19.3. The molecule has 25 heavy (non-hydrogen) atoms. The number of carboxylic acids is 1. The molecule has 1 aromatic rings. The summed E-state index contributed by atoms with van der Waals surface area (Å²) >= 11 is 0. The van der Waals surface area contributed by atoms with Crippen LogP contribution in [-0.4, -0.2) is 45.2 Å². The second-order valence-corrected chi connectivity index (χ2v) is 6.19. The standard InChI is InChI=1S/C17H18N2O6/c1-8(20)13-12-6-11(14(16(22)23)19(12)15(13)21)10-4-2-3-9(5-10)7-25-17(18)24/h2-5,8,12-13,20H,6-7H2,1H3,(H2,18,24)(H,22,23)/t8-,12-,13-/m1/s1. The predicted molar refractivity (Wildman–Crippen MR) is 85.8 cm³/mol. The lowest BCUT2D eigenvalue weighted by Crippen LogP contribution is -2.61. The first kappa shape index (κ1) is 17.0. The van der Waals surface area contributed by atoms with Crippen molar-refractivity contribution in [1.82, 2.24) is 4.90 Å². The number of aliphatic carboxylic acids is 1. The fourth-order valence-corrected chi connectivity index (χ4v) is 3.53. The van der Waals surface area contributed by atoms with E-state index in [1.165, 1.54) is 11.8 Å². The molecule has 4 N–H and O–H groups in total. The van der Waals surface area contributed by atoms with E-state index in [9.17, 15) is 24.6 Å². The topological polar surface area (TPSA) is 130 Å². The fraction of sp³-hybridized carbons (Fsp3) is 0.353. The number of aliphatic hydroxyl groups is 1. The Morgan fingerprint density at radius 3 is 2.76 bits per heavy atom. The molecule has 8 nitrogen and oxygen atoms in total. The van der Waals surface area contributed by atoms with E-state index in [4.69, 9.17) is 10.5 Å². The van der Waals surface area contributed by atoms with E-state index in [1.807, 2.05) is 0 Å². The van der Waals surface area contributed by atoms with Gasteiger partial charge in [-0.15, -0.1) is 0 Å². The number of rotatable bonds is 5. The summed E-state index contributed by atoms with van der Waals surface area (Å²) < 4.78 is 4.75. The van der Waals surface area contributed by atoms with Crippen molar-refractivity contribution in [3.05, 3.63) is 41.1 Å². The third-order valence-corrected chi connectivity index (χ3v) is 4.59. The number of β-lactam (4-membered cyclic amide) rings is 1. The Balaban J connectivity index is 1.94. The Morgan fingerprint density at radius 2 is 2.16 bits per heavy atom. The molecule has 0 unspecified atom stereocenters. The van der Waals surface area contributed by atoms with Crippen LogP contribution < -0.4 is 5.73 Å². The molecule has 2 aliphatic rings. The van der Waals surface area contributed by atoms with Gasteiger partial charge in [0.1, 0.15) is 12.3 Å². The quantitative estimate of drug-likeness (QED) is 0.673. The van der Waals surface area contributed by atoms with Crippen LogP contribution in [0, 0.1) is 5.92 Å². The number of primary amides is 1. The summed E-state index contributed by atoms with van der Waals surface area (Å²) in [6.07, 6.45) is -1.38. The molecule has 1 saturated heterocycles. The van der Waals surface area contributed by atoms with Crippen molar-refractivity contribution in [3.63, 3.8) is 0 Å². The number of carboxylic acid groups (broad SMARTS) is 1. The van der Waals surface area contributed by atoms with Crippen LogP contribution >= 0.6 is 0 Å². The highest BCUT2D eigenvalue weighted by atomic mass is 16.5. The first-order valence-corrected chi connectivity index (χ1v) is 7.80. The Bertz CT molecular complexity index is 785. The maximum atomic E-state index is 12.2. The number of hydrogen-bond donors (Lipinski definition) is 3.